The number of carbonyl (C=O) groups is 1. The van der Waals surface area contributed by atoms with Crippen LogP contribution in [0.15, 0.2) is 48.5 Å². The Hall–Kier alpha value is -2.33. The van der Waals surface area contributed by atoms with Gasteiger partial charge in [-0.15, -0.1) is 0 Å². The van der Waals surface area contributed by atoms with Crippen LogP contribution in [0.4, 0.5) is 0 Å². The normalized spacial score (nSPS) is 10.3. The third kappa shape index (κ3) is 5.22. The topological polar surface area (TPSA) is 58.6 Å². The predicted octanol–water partition coefficient (Wildman–Crippen LogP) is 2.23. The Morgan fingerprint density at radius 3 is 2.32 bits per heavy atom. The summed E-state index contributed by atoms with van der Waals surface area (Å²) in [5, 5.41) is 11.8. The molecule has 0 saturated carbocycles. The molecule has 0 atom stereocenters. The lowest BCUT2D eigenvalue weighted by molar-refractivity contribution is -0.123. The molecule has 1 amide bonds. The summed E-state index contributed by atoms with van der Waals surface area (Å²) >= 11 is 0. The van der Waals surface area contributed by atoms with Gasteiger partial charge in [0.15, 0.2) is 6.61 Å². The van der Waals surface area contributed by atoms with Crippen molar-refractivity contribution in [3.05, 3.63) is 65.2 Å². The zero-order valence-corrected chi connectivity index (χ0v) is 12.7. The second-order valence-electron chi connectivity index (χ2n) is 5.18. The van der Waals surface area contributed by atoms with Gasteiger partial charge in [-0.3, -0.25) is 4.79 Å². The van der Waals surface area contributed by atoms with Gasteiger partial charge >= 0.3 is 0 Å². The van der Waals surface area contributed by atoms with E-state index in [1.807, 2.05) is 55.5 Å². The Bertz CT molecular complexity index is 591. The van der Waals surface area contributed by atoms with Crippen LogP contribution in [0.1, 0.15) is 16.7 Å². The molecule has 0 bridgehead atoms. The number of benzene rings is 2. The van der Waals surface area contributed by atoms with Gasteiger partial charge < -0.3 is 15.2 Å². The summed E-state index contributed by atoms with van der Waals surface area (Å²) in [7, 11) is 0. The highest BCUT2D eigenvalue weighted by atomic mass is 16.5. The third-order valence-electron chi connectivity index (χ3n) is 3.33. The summed E-state index contributed by atoms with van der Waals surface area (Å²) < 4.78 is 5.42. The molecule has 2 aromatic rings. The summed E-state index contributed by atoms with van der Waals surface area (Å²) in [5.74, 6) is 0.563. The molecule has 0 unspecified atom stereocenters. The second kappa shape index (κ2) is 8.20. The van der Waals surface area contributed by atoms with Crippen molar-refractivity contribution in [1.82, 2.24) is 5.32 Å². The smallest absolute Gasteiger partial charge is 0.257 e. The van der Waals surface area contributed by atoms with Gasteiger partial charge in [0.25, 0.3) is 5.91 Å². The summed E-state index contributed by atoms with van der Waals surface area (Å²) in [6.45, 7) is 2.64. The number of aliphatic hydroxyl groups is 1. The minimum absolute atomic E-state index is 0.0203. The van der Waals surface area contributed by atoms with E-state index in [0.717, 1.165) is 23.1 Å². The van der Waals surface area contributed by atoms with Crippen LogP contribution in [0.25, 0.3) is 0 Å². The zero-order valence-electron chi connectivity index (χ0n) is 12.7. The molecular weight excluding hydrogens is 278 g/mol. The highest BCUT2D eigenvalue weighted by Gasteiger charge is 2.02. The molecule has 116 valence electrons. The maximum Gasteiger partial charge on any atom is 0.257 e. The van der Waals surface area contributed by atoms with Crippen LogP contribution < -0.4 is 10.1 Å². The molecule has 0 aliphatic carbocycles. The molecule has 0 heterocycles. The van der Waals surface area contributed by atoms with Gasteiger partial charge in [0.1, 0.15) is 5.75 Å². The molecule has 2 aromatic carbocycles. The first-order valence-electron chi connectivity index (χ1n) is 7.32. The molecule has 0 aliphatic rings. The molecule has 0 saturated heterocycles. The van der Waals surface area contributed by atoms with Crippen molar-refractivity contribution >= 4 is 5.91 Å². The fourth-order valence-electron chi connectivity index (χ4n) is 1.99. The first-order chi connectivity index (χ1) is 10.7. The van der Waals surface area contributed by atoms with Crippen LogP contribution >= 0.6 is 0 Å². The van der Waals surface area contributed by atoms with E-state index < -0.39 is 0 Å². The van der Waals surface area contributed by atoms with E-state index in [2.05, 4.69) is 5.32 Å². The average Bonchev–Trinajstić information content (AvgIpc) is 2.55. The highest BCUT2D eigenvalue weighted by Crippen LogP contribution is 2.11. The van der Waals surface area contributed by atoms with Gasteiger partial charge in [-0.1, -0.05) is 42.0 Å². The summed E-state index contributed by atoms with van der Waals surface area (Å²) in [4.78, 5) is 11.7. The van der Waals surface area contributed by atoms with Gasteiger partial charge in [-0.05, 0) is 36.6 Å². The third-order valence-corrected chi connectivity index (χ3v) is 3.33. The van der Waals surface area contributed by atoms with E-state index in [-0.39, 0.29) is 19.1 Å². The van der Waals surface area contributed by atoms with Crippen molar-refractivity contribution in [1.29, 1.82) is 0 Å². The molecule has 2 N–H and O–H groups in total. The zero-order chi connectivity index (χ0) is 15.8. The van der Waals surface area contributed by atoms with Gasteiger partial charge in [-0.2, -0.15) is 0 Å². The fraction of sp³-hybridized carbons (Fsp3) is 0.278. The first-order valence-corrected chi connectivity index (χ1v) is 7.32. The Labute approximate surface area is 130 Å². The Balaban J connectivity index is 1.67. The van der Waals surface area contributed by atoms with E-state index in [1.165, 1.54) is 0 Å². The predicted molar refractivity (Wildman–Crippen MR) is 85.8 cm³/mol. The maximum absolute atomic E-state index is 11.7. The lowest BCUT2D eigenvalue weighted by Gasteiger charge is -2.08. The Kier molecular flexibility index (Phi) is 5.98. The van der Waals surface area contributed by atoms with E-state index >= 15 is 0 Å². The Morgan fingerprint density at radius 1 is 1.05 bits per heavy atom. The number of rotatable bonds is 7. The fourth-order valence-corrected chi connectivity index (χ4v) is 1.99. The van der Waals surface area contributed by atoms with Crippen LogP contribution in [0.2, 0.25) is 0 Å². The van der Waals surface area contributed by atoms with Gasteiger partial charge in [-0.25, -0.2) is 0 Å². The van der Waals surface area contributed by atoms with E-state index in [9.17, 15) is 4.79 Å². The van der Waals surface area contributed by atoms with Crippen molar-refractivity contribution in [2.24, 2.45) is 0 Å². The highest BCUT2D eigenvalue weighted by molar-refractivity contribution is 5.77. The number of hydrogen-bond acceptors (Lipinski definition) is 3. The molecule has 0 aromatic heterocycles. The van der Waals surface area contributed by atoms with Crippen molar-refractivity contribution in [3.8, 4) is 5.75 Å². The van der Waals surface area contributed by atoms with E-state index in [0.29, 0.717) is 12.3 Å². The number of nitrogens with one attached hydrogen (secondary N) is 1. The molecule has 22 heavy (non-hydrogen) atoms. The van der Waals surface area contributed by atoms with Crippen molar-refractivity contribution in [3.63, 3.8) is 0 Å². The van der Waals surface area contributed by atoms with Gasteiger partial charge in [0, 0.05) is 6.54 Å². The molecule has 0 fully saturated rings. The van der Waals surface area contributed by atoms with Crippen molar-refractivity contribution in [2.75, 3.05) is 13.2 Å². The van der Waals surface area contributed by atoms with Crippen molar-refractivity contribution < 1.29 is 14.6 Å². The van der Waals surface area contributed by atoms with Crippen molar-refractivity contribution in [2.45, 2.75) is 20.0 Å². The number of aliphatic hydroxyl groups excluding tert-OH is 1. The molecule has 4 heteroatoms. The van der Waals surface area contributed by atoms with Crippen LogP contribution in [0, 0.1) is 6.92 Å². The van der Waals surface area contributed by atoms with Crippen LogP contribution in [0.5, 0.6) is 5.75 Å². The number of aryl methyl sites for hydroxylation is 1. The molecule has 0 radical (unpaired) electrons. The minimum atomic E-state index is -0.132. The van der Waals surface area contributed by atoms with Crippen LogP contribution in [-0.2, 0) is 17.8 Å². The maximum atomic E-state index is 11.7. The molecular formula is C18H21NO3. The second-order valence-corrected chi connectivity index (χ2v) is 5.18. The number of carbonyl (C=O) groups excluding carboxylic acids is 1. The molecule has 4 nitrogen and oxygen atoms in total. The summed E-state index contributed by atoms with van der Waals surface area (Å²) in [5.41, 5.74) is 3.17. The standard InChI is InChI=1S/C18H21NO3/c1-14-2-8-17(9-3-14)22-13-18(21)19-11-10-15-4-6-16(12-20)7-5-15/h2-9,20H,10-13H2,1H3,(H,19,21). The summed E-state index contributed by atoms with van der Waals surface area (Å²) in [6, 6.07) is 15.3. The quantitative estimate of drug-likeness (QED) is 0.824. The largest absolute Gasteiger partial charge is 0.484 e. The first kappa shape index (κ1) is 16.0. The molecule has 0 aliphatic heterocycles. The van der Waals surface area contributed by atoms with Gasteiger partial charge in [0.2, 0.25) is 0 Å². The molecule has 0 spiro atoms. The monoisotopic (exact) mass is 299 g/mol. The Morgan fingerprint density at radius 2 is 1.68 bits per heavy atom. The average molecular weight is 299 g/mol. The lowest BCUT2D eigenvalue weighted by atomic mass is 10.1. The number of amides is 1. The van der Waals surface area contributed by atoms with Crippen LogP contribution in [-0.4, -0.2) is 24.2 Å². The SMILES string of the molecule is Cc1ccc(OCC(=O)NCCc2ccc(CO)cc2)cc1. The lowest BCUT2D eigenvalue weighted by Crippen LogP contribution is -2.30. The van der Waals surface area contributed by atoms with E-state index in [1.54, 1.807) is 0 Å². The number of ether oxygens (including phenoxy) is 1. The van der Waals surface area contributed by atoms with Crippen LogP contribution in [0.3, 0.4) is 0 Å². The summed E-state index contributed by atoms with van der Waals surface area (Å²) in [6.07, 6.45) is 0.752. The molecule has 2 rings (SSSR count). The van der Waals surface area contributed by atoms with Gasteiger partial charge in [0.05, 0.1) is 6.61 Å². The number of hydrogen-bond donors (Lipinski definition) is 2. The van der Waals surface area contributed by atoms with E-state index in [4.69, 9.17) is 9.84 Å². The minimum Gasteiger partial charge on any atom is -0.484 e.